The van der Waals surface area contributed by atoms with Crippen LogP contribution < -0.4 is 10.6 Å². The van der Waals surface area contributed by atoms with E-state index in [0.29, 0.717) is 12.0 Å². The molecule has 1 saturated heterocycles. The van der Waals surface area contributed by atoms with E-state index in [9.17, 15) is 0 Å². The zero-order valence-electron chi connectivity index (χ0n) is 15.2. The van der Waals surface area contributed by atoms with Crippen LogP contribution in [0.3, 0.4) is 0 Å². The van der Waals surface area contributed by atoms with E-state index < -0.39 is 0 Å². The van der Waals surface area contributed by atoms with Gasteiger partial charge in [0.1, 0.15) is 0 Å². The highest BCUT2D eigenvalue weighted by atomic mass is 15.3. The van der Waals surface area contributed by atoms with Gasteiger partial charge in [-0.25, -0.2) is 0 Å². The van der Waals surface area contributed by atoms with Crippen molar-refractivity contribution in [3.8, 4) is 0 Å². The summed E-state index contributed by atoms with van der Waals surface area (Å²) < 4.78 is 0. The molecule has 1 heterocycles. The molecule has 0 spiro atoms. The highest BCUT2D eigenvalue weighted by Crippen LogP contribution is 2.09. The van der Waals surface area contributed by atoms with Crippen molar-refractivity contribution in [3.05, 3.63) is 12.2 Å². The maximum Gasteiger partial charge on any atom is 0.191 e. The lowest BCUT2D eigenvalue weighted by Gasteiger charge is -2.35. The first-order valence-electron chi connectivity index (χ1n) is 9.35. The van der Waals surface area contributed by atoms with E-state index in [1.807, 2.05) is 0 Å². The Bertz CT molecular complexity index is 377. The maximum absolute atomic E-state index is 4.80. The predicted octanol–water partition coefficient (Wildman–Crippen LogP) is 1.53. The van der Waals surface area contributed by atoms with Crippen LogP contribution in [0, 0.1) is 5.92 Å². The molecule has 0 bridgehead atoms. The van der Waals surface area contributed by atoms with Gasteiger partial charge in [0, 0.05) is 51.9 Å². The van der Waals surface area contributed by atoms with E-state index in [2.05, 4.69) is 53.4 Å². The van der Waals surface area contributed by atoms with E-state index in [4.69, 9.17) is 4.99 Å². The molecule has 1 aliphatic carbocycles. The zero-order valence-corrected chi connectivity index (χ0v) is 15.2. The Hall–Kier alpha value is -1.07. The number of guanidine groups is 1. The van der Waals surface area contributed by atoms with Crippen molar-refractivity contribution in [2.24, 2.45) is 10.9 Å². The summed E-state index contributed by atoms with van der Waals surface area (Å²) in [6.45, 7) is 15.7. The number of hydrogen-bond donors (Lipinski definition) is 2. The van der Waals surface area contributed by atoms with E-state index >= 15 is 0 Å². The molecule has 0 aromatic rings. The summed E-state index contributed by atoms with van der Waals surface area (Å²) in [5.74, 6) is 1.57. The third-order valence-electron chi connectivity index (χ3n) is 4.74. The molecule has 5 nitrogen and oxygen atoms in total. The molecule has 0 amide bonds. The van der Waals surface area contributed by atoms with Gasteiger partial charge in [-0.2, -0.15) is 0 Å². The zero-order chi connectivity index (χ0) is 16.5. The van der Waals surface area contributed by atoms with Gasteiger partial charge in [0.05, 0.1) is 0 Å². The molecule has 0 aromatic carbocycles. The van der Waals surface area contributed by atoms with Gasteiger partial charge < -0.3 is 20.4 Å². The first-order valence-corrected chi connectivity index (χ1v) is 9.35. The molecule has 2 N–H and O–H groups in total. The minimum atomic E-state index is 0.519. The summed E-state index contributed by atoms with van der Waals surface area (Å²) in [6, 6.07) is 0.519. The van der Waals surface area contributed by atoms with Crippen molar-refractivity contribution in [3.63, 3.8) is 0 Å². The summed E-state index contributed by atoms with van der Waals surface area (Å²) in [5, 5.41) is 6.92. The lowest BCUT2D eigenvalue weighted by atomic mass is 10.1. The molecule has 0 aromatic heterocycles. The Morgan fingerprint density at radius 1 is 1.13 bits per heavy atom. The molecule has 132 valence electrons. The molecule has 1 fully saturated rings. The Balaban J connectivity index is 1.72. The summed E-state index contributed by atoms with van der Waals surface area (Å²) >= 11 is 0. The van der Waals surface area contributed by atoms with Gasteiger partial charge in [-0.15, -0.1) is 0 Å². The van der Waals surface area contributed by atoms with E-state index in [0.717, 1.165) is 38.4 Å². The van der Waals surface area contributed by atoms with Gasteiger partial charge in [0.2, 0.25) is 0 Å². The smallest absolute Gasteiger partial charge is 0.191 e. The Morgan fingerprint density at radius 2 is 1.78 bits per heavy atom. The van der Waals surface area contributed by atoms with E-state index in [1.54, 1.807) is 0 Å². The molecule has 0 saturated carbocycles. The molecular weight excluding hydrogens is 286 g/mol. The van der Waals surface area contributed by atoms with Crippen LogP contribution in [0.25, 0.3) is 0 Å². The minimum absolute atomic E-state index is 0.519. The van der Waals surface area contributed by atoms with Crippen LogP contribution in [0.4, 0.5) is 0 Å². The van der Waals surface area contributed by atoms with Crippen LogP contribution >= 0.6 is 0 Å². The quantitative estimate of drug-likeness (QED) is 0.424. The van der Waals surface area contributed by atoms with Crippen molar-refractivity contribution in [2.75, 3.05) is 52.4 Å². The minimum Gasteiger partial charge on any atom is -0.357 e. The molecule has 0 radical (unpaired) electrons. The predicted molar refractivity (Wildman–Crippen MR) is 99.0 cm³/mol. The summed E-state index contributed by atoms with van der Waals surface area (Å²) in [5.41, 5.74) is 0. The third kappa shape index (κ3) is 6.51. The Morgan fingerprint density at radius 3 is 2.39 bits per heavy atom. The summed E-state index contributed by atoms with van der Waals surface area (Å²) in [4.78, 5) is 9.92. The standard InChI is InChI=1S/C18H35N5/c1-4-19-18(21-17-8-6-7-9-17)20-14-16(3)15-23-12-10-22(5-2)11-13-23/h6-7,16-17H,4-5,8-15H2,1-3H3,(H2,19,20,21). The normalized spacial score (nSPS) is 22.5. The Labute approximate surface area is 142 Å². The SMILES string of the molecule is CCNC(=NCC(C)CN1CCN(CC)CC1)NC1CC=CC1. The summed E-state index contributed by atoms with van der Waals surface area (Å²) in [6.07, 6.45) is 6.73. The van der Waals surface area contributed by atoms with Gasteiger partial charge in [-0.3, -0.25) is 4.99 Å². The van der Waals surface area contributed by atoms with Crippen LogP contribution in [0.2, 0.25) is 0 Å². The maximum atomic E-state index is 4.80. The van der Waals surface area contributed by atoms with Gasteiger partial charge in [0.15, 0.2) is 5.96 Å². The van der Waals surface area contributed by atoms with Gasteiger partial charge in [0.25, 0.3) is 0 Å². The largest absolute Gasteiger partial charge is 0.357 e. The van der Waals surface area contributed by atoms with Crippen LogP contribution in [0.1, 0.15) is 33.6 Å². The molecule has 1 atom stereocenters. The van der Waals surface area contributed by atoms with Crippen LogP contribution in [-0.2, 0) is 0 Å². The number of nitrogens with zero attached hydrogens (tertiary/aromatic N) is 3. The number of rotatable bonds is 7. The fraction of sp³-hybridized carbons (Fsp3) is 0.833. The van der Waals surface area contributed by atoms with Crippen molar-refractivity contribution < 1.29 is 0 Å². The third-order valence-corrected chi connectivity index (χ3v) is 4.74. The van der Waals surface area contributed by atoms with E-state index in [-0.39, 0.29) is 0 Å². The van der Waals surface area contributed by atoms with Gasteiger partial charge in [-0.1, -0.05) is 26.0 Å². The molecular formula is C18H35N5. The average molecular weight is 322 g/mol. The number of hydrogen-bond acceptors (Lipinski definition) is 3. The van der Waals surface area contributed by atoms with Crippen molar-refractivity contribution in [1.82, 2.24) is 20.4 Å². The van der Waals surface area contributed by atoms with Gasteiger partial charge in [-0.05, 0) is 32.2 Å². The molecule has 2 rings (SSSR count). The summed E-state index contributed by atoms with van der Waals surface area (Å²) in [7, 11) is 0. The van der Waals surface area contributed by atoms with Crippen molar-refractivity contribution in [2.45, 2.75) is 39.7 Å². The van der Waals surface area contributed by atoms with Crippen molar-refractivity contribution >= 4 is 5.96 Å². The topological polar surface area (TPSA) is 42.9 Å². The van der Waals surface area contributed by atoms with Crippen LogP contribution in [-0.4, -0.2) is 74.2 Å². The monoisotopic (exact) mass is 321 g/mol. The lowest BCUT2D eigenvalue weighted by molar-refractivity contribution is 0.125. The molecule has 5 heteroatoms. The number of nitrogens with one attached hydrogen (secondary N) is 2. The fourth-order valence-corrected chi connectivity index (χ4v) is 3.28. The number of likely N-dealkylation sites (N-methyl/N-ethyl adjacent to an activating group) is 1. The number of aliphatic imine (C=N–C) groups is 1. The number of piperazine rings is 1. The first-order chi connectivity index (χ1) is 11.2. The second kappa shape index (κ2) is 9.93. The lowest BCUT2D eigenvalue weighted by Crippen LogP contribution is -2.47. The highest BCUT2D eigenvalue weighted by Gasteiger charge is 2.17. The molecule has 1 unspecified atom stereocenters. The average Bonchev–Trinajstić information content (AvgIpc) is 3.06. The fourth-order valence-electron chi connectivity index (χ4n) is 3.28. The van der Waals surface area contributed by atoms with Gasteiger partial charge >= 0.3 is 0 Å². The first kappa shape index (κ1) is 18.3. The molecule has 23 heavy (non-hydrogen) atoms. The van der Waals surface area contributed by atoms with Crippen LogP contribution in [0.15, 0.2) is 17.1 Å². The Kier molecular flexibility index (Phi) is 7.89. The van der Waals surface area contributed by atoms with Crippen molar-refractivity contribution in [1.29, 1.82) is 0 Å². The van der Waals surface area contributed by atoms with Crippen LogP contribution in [0.5, 0.6) is 0 Å². The highest BCUT2D eigenvalue weighted by molar-refractivity contribution is 5.80. The van der Waals surface area contributed by atoms with E-state index in [1.165, 1.54) is 32.7 Å². The molecule has 2 aliphatic rings. The second-order valence-corrected chi connectivity index (χ2v) is 6.84. The second-order valence-electron chi connectivity index (χ2n) is 6.84. The molecule has 1 aliphatic heterocycles.